The lowest BCUT2D eigenvalue weighted by molar-refractivity contribution is 0.142. The van der Waals surface area contributed by atoms with E-state index in [2.05, 4.69) is 28.8 Å². The zero-order valence-electron chi connectivity index (χ0n) is 14.5. The molecule has 0 aliphatic carbocycles. The number of aromatic nitrogens is 3. The Hall–Kier alpha value is -2.11. The van der Waals surface area contributed by atoms with E-state index in [0.717, 1.165) is 6.42 Å². The normalized spacial score (nSPS) is 12.7. The smallest absolute Gasteiger partial charge is 0.267 e. The Bertz CT molecular complexity index is 677. The van der Waals surface area contributed by atoms with Gasteiger partial charge in [-0.3, -0.25) is 4.98 Å². The fourth-order valence-electron chi connectivity index (χ4n) is 2.59. The van der Waals surface area contributed by atoms with Crippen molar-refractivity contribution in [1.29, 1.82) is 0 Å². The second-order valence-corrected chi connectivity index (χ2v) is 6.44. The van der Waals surface area contributed by atoms with Gasteiger partial charge in [-0.15, -0.1) is 0 Å². The first-order valence-electron chi connectivity index (χ1n) is 8.07. The maximum absolute atomic E-state index is 13.4. The Morgan fingerprint density at radius 3 is 2.50 bits per heavy atom. The highest BCUT2D eigenvalue weighted by Crippen LogP contribution is 2.31. The van der Waals surface area contributed by atoms with Crippen molar-refractivity contribution in [2.75, 3.05) is 6.61 Å². The lowest BCUT2D eigenvalue weighted by atomic mass is 10.00. The van der Waals surface area contributed by atoms with Gasteiger partial charge in [-0.2, -0.15) is 0 Å². The number of hydrogen-bond acceptors (Lipinski definition) is 4. The molecule has 0 fully saturated rings. The monoisotopic (exact) mass is 335 g/mol. The Labute approximate surface area is 141 Å². The maximum atomic E-state index is 13.4. The number of pyridine rings is 1. The molecule has 1 atom stereocenters. The number of aryl methyl sites for hydroxylation is 1. The molecule has 0 aliphatic heterocycles. The molecule has 2 heterocycles. The van der Waals surface area contributed by atoms with Crippen LogP contribution in [0.3, 0.4) is 0 Å². The number of rotatable bonds is 7. The van der Waals surface area contributed by atoms with Crippen molar-refractivity contribution >= 4 is 0 Å². The standard InChI is InChI=1S/C18H23F2N3O/c1-11(2)7-12(3)10-24-17-9-22-16(8-14(17)18(19)20)15-5-6-21-13(4)23-15/h5-6,8-9,11-12,18H,7,10H2,1-4H3. The Balaban J connectivity index is 2.21. The molecular formula is C18H23F2N3O. The predicted molar refractivity (Wildman–Crippen MR) is 89.1 cm³/mol. The lowest BCUT2D eigenvalue weighted by Crippen LogP contribution is -2.12. The summed E-state index contributed by atoms with van der Waals surface area (Å²) in [6, 6.07) is 2.99. The van der Waals surface area contributed by atoms with E-state index in [0.29, 0.717) is 35.7 Å². The first-order valence-corrected chi connectivity index (χ1v) is 8.07. The molecule has 0 spiro atoms. The summed E-state index contributed by atoms with van der Waals surface area (Å²) in [5.74, 6) is 1.53. The van der Waals surface area contributed by atoms with Gasteiger partial charge in [0.1, 0.15) is 11.6 Å². The van der Waals surface area contributed by atoms with Crippen LogP contribution in [0.2, 0.25) is 0 Å². The molecule has 0 aromatic carbocycles. The second kappa shape index (κ2) is 8.13. The molecule has 0 amide bonds. The molecule has 4 nitrogen and oxygen atoms in total. The van der Waals surface area contributed by atoms with Crippen molar-refractivity contribution in [2.45, 2.75) is 40.5 Å². The van der Waals surface area contributed by atoms with Crippen LogP contribution in [0, 0.1) is 18.8 Å². The summed E-state index contributed by atoms with van der Waals surface area (Å²) in [5.41, 5.74) is 0.746. The van der Waals surface area contributed by atoms with E-state index in [1.165, 1.54) is 12.3 Å². The van der Waals surface area contributed by atoms with Crippen LogP contribution in [0.25, 0.3) is 11.4 Å². The van der Waals surface area contributed by atoms with Crippen LogP contribution < -0.4 is 4.74 Å². The molecule has 0 saturated heterocycles. The minimum Gasteiger partial charge on any atom is -0.491 e. The van der Waals surface area contributed by atoms with E-state index in [9.17, 15) is 8.78 Å². The average molecular weight is 335 g/mol. The minimum absolute atomic E-state index is 0.134. The quantitative estimate of drug-likeness (QED) is 0.726. The van der Waals surface area contributed by atoms with Gasteiger partial charge in [-0.05, 0) is 37.3 Å². The van der Waals surface area contributed by atoms with Crippen molar-refractivity contribution in [3.63, 3.8) is 0 Å². The van der Waals surface area contributed by atoms with Gasteiger partial charge in [0.15, 0.2) is 0 Å². The van der Waals surface area contributed by atoms with Crippen molar-refractivity contribution in [3.05, 3.63) is 35.9 Å². The molecule has 6 heteroatoms. The topological polar surface area (TPSA) is 47.9 Å². The van der Waals surface area contributed by atoms with E-state index in [1.807, 2.05) is 6.92 Å². The first-order chi connectivity index (χ1) is 11.4. The summed E-state index contributed by atoms with van der Waals surface area (Å²) in [4.78, 5) is 12.4. The fraction of sp³-hybridized carbons (Fsp3) is 0.500. The fourth-order valence-corrected chi connectivity index (χ4v) is 2.59. The van der Waals surface area contributed by atoms with E-state index >= 15 is 0 Å². The highest BCUT2D eigenvalue weighted by Gasteiger charge is 2.18. The third-order valence-corrected chi connectivity index (χ3v) is 3.57. The number of alkyl halides is 2. The molecule has 0 N–H and O–H groups in total. The summed E-state index contributed by atoms with van der Waals surface area (Å²) < 4.78 is 32.4. The number of ether oxygens (including phenoxy) is 1. The summed E-state index contributed by atoms with van der Waals surface area (Å²) in [7, 11) is 0. The van der Waals surface area contributed by atoms with Gasteiger partial charge in [-0.25, -0.2) is 18.7 Å². The van der Waals surface area contributed by atoms with Crippen LogP contribution >= 0.6 is 0 Å². The van der Waals surface area contributed by atoms with Crippen molar-refractivity contribution in [3.8, 4) is 17.1 Å². The highest BCUT2D eigenvalue weighted by molar-refractivity contribution is 5.56. The van der Waals surface area contributed by atoms with E-state index in [-0.39, 0.29) is 11.3 Å². The van der Waals surface area contributed by atoms with Crippen LogP contribution in [0.4, 0.5) is 8.78 Å². The van der Waals surface area contributed by atoms with Gasteiger partial charge in [0.2, 0.25) is 0 Å². The lowest BCUT2D eigenvalue weighted by Gasteiger charge is -2.17. The summed E-state index contributed by atoms with van der Waals surface area (Å²) in [6.07, 6.45) is 1.29. The van der Waals surface area contributed by atoms with Crippen molar-refractivity contribution in [1.82, 2.24) is 15.0 Å². The number of hydrogen-bond donors (Lipinski definition) is 0. The first kappa shape index (κ1) is 18.2. The van der Waals surface area contributed by atoms with Crippen LogP contribution in [0.1, 0.15) is 45.0 Å². The molecule has 2 aromatic heterocycles. The Kier molecular flexibility index (Phi) is 6.17. The Morgan fingerprint density at radius 2 is 1.88 bits per heavy atom. The van der Waals surface area contributed by atoms with E-state index in [1.54, 1.807) is 19.2 Å². The summed E-state index contributed by atoms with van der Waals surface area (Å²) in [6.45, 7) is 8.44. The van der Waals surface area contributed by atoms with Crippen LogP contribution in [0.15, 0.2) is 24.5 Å². The zero-order valence-corrected chi connectivity index (χ0v) is 14.5. The number of halogens is 2. The van der Waals surface area contributed by atoms with Gasteiger partial charge >= 0.3 is 0 Å². The summed E-state index contributed by atoms with van der Waals surface area (Å²) in [5, 5.41) is 0. The van der Waals surface area contributed by atoms with Gasteiger partial charge in [0.25, 0.3) is 6.43 Å². The minimum atomic E-state index is -2.63. The van der Waals surface area contributed by atoms with Crippen LogP contribution in [0.5, 0.6) is 5.75 Å². The van der Waals surface area contributed by atoms with Crippen LogP contribution in [-0.4, -0.2) is 21.6 Å². The molecular weight excluding hydrogens is 312 g/mol. The zero-order chi connectivity index (χ0) is 17.7. The summed E-state index contributed by atoms with van der Waals surface area (Å²) >= 11 is 0. The van der Waals surface area contributed by atoms with Crippen molar-refractivity contribution in [2.24, 2.45) is 11.8 Å². The van der Waals surface area contributed by atoms with Gasteiger partial charge < -0.3 is 4.74 Å². The molecule has 0 saturated carbocycles. The van der Waals surface area contributed by atoms with Crippen LogP contribution in [-0.2, 0) is 0 Å². The third-order valence-electron chi connectivity index (χ3n) is 3.57. The second-order valence-electron chi connectivity index (χ2n) is 6.44. The maximum Gasteiger partial charge on any atom is 0.267 e. The highest BCUT2D eigenvalue weighted by atomic mass is 19.3. The number of nitrogens with zero attached hydrogens (tertiary/aromatic N) is 3. The Morgan fingerprint density at radius 1 is 1.12 bits per heavy atom. The van der Waals surface area contributed by atoms with Crippen molar-refractivity contribution < 1.29 is 13.5 Å². The molecule has 0 aliphatic rings. The molecule has 0 bridgehead atoms. The van der Waals surface area contributed by atoms with Gasteiger partial charge in [-0.1, -0.05) is 20.8 Å². The molecule has 130 valence electrons. The molecule has 1 unspecified atom stereocenters. The SMILES string of the molecule is Cc1nccc(-c2cc(C(F)F)c(OCC(C)CC(C)C)cn2)n1. The predicted octanol–water partition coefficient (Wildman–Crippen LogP) is 4.85. The average Bonchev–Trinajstić information content (AvgIpc) is 2.52. The van der Waals surface area contributed by atoms with Gasteiger partial charge in [0, 0.05) is 6.20 Å². The molecule has 2 rings (SSSR count). The largest absolute Gasteiger partial charge is 0.491 e. The third kappa shape index (κ3) is 4.94. The van der Waals surface area contributed by atoms with E-state index < -0.39 is 6.43 Å². The van der Waals surface area contributed by atoms with E-state index in [4.69, 9.17) is 4.74 Å². The molecule has 2 aromatic rings. The molecule has 0 radical (unpaired) electrons. The van der Waals surface area contributed by atoms with Gasteiger partial charge in [0.05, 0.1) is 29.8 Å². The molecule has 24 heavy (non-hydrogen) atoms.